The van der Waals surface area contributed by atoms with Crippen molar-refractivity contribution < 1.29 is 36.9 Å². The molecule has 10 nitrogen and oxygen atoms in total. The molecule has 1 aromatic carbocycles. The summed E-state index contributed by atoms with van der Waals surface area (Å²) >= 11 is 0. The van der Waals surface area contributed by atoms with Crippen molar-refractivity contribution in [2.75, 3.05) is 27.4 Å². The van der Waals surface area contributed by atoms with E-state index in [-0.39, 0.29) is 13.0 Å². The standard InChI is InChI=1S/C20H28FN4O5P.C4H10O.C2H6.CH3F/c1-3-23-19(9-10-22-14-27)24-20-18(21)11-17(29-20)13-28-31(25-15(2)12-26)30-16-7-5-4-6-8-16;1-4(2)5-3;2*1-2/h4-10,12,14-15,17-18,20,25H,3,11,13H2,1-2H3,(H,22,27)(H,23,24);4H,1-3H3;1-2H3;1H3/b10-9-;;;. The molecule has 5 unspecified atom stereocenters. The number of hydrogen-bond donors (Lipinski definition) is 3. The number of para-hydroxylation sites is 1. The highest BCUT2D eigenvalue weighted by Crippen LogP contribution is 2.37. The Morgan fingerprint density at radius 1 is 1.20 bits per heavy atom. The lowest BCUT2D eigenvalue weighted by Crippen LogP contribution is -2.39. The van der Waals surface area contributed by atoms with Crippen LogP contribution in [0.1, 0.15) is 48.0 Å². The second kappa shape index (κ2) is 26.7. The van der Waals surface area contributed by atoms with E-state index in [0.29, 0.717) is 37.8 Å². The number of amides is 1. The lowest BCUT2D eigenvalue weighted by atomic mass is 10.2. The number of rotatable bonds is 14. The highest BCUT2D eigenvalue weighted by Gasteiger charge is 2.36. The van der Waals surface area contributed by atoms with Gasteiger partial charge >= 0.3 is 8.53 Å². The van der Waals surface area contributed by atoms with Crippen LogP contribution >= 0.6 is 8.53 Å². The van der Waals surface area contributed by atoms with E-state index in [0.717, 1.165) is 6.29 Å². The third-order valence-electron chi connectivity index (χ3n) is 4.47. The minimum absolute atomic E-state index is 0.0819. The van der Waals surface area contributed by atoms with Crippen LogP contribution in [0.25, 0.3) is 0 Å². The Labute approximate surface area is 239 Å². The average molecular weight is 593 g/mol. The number of carbonyl (C=O) groups excluding carboxylic acids is 2. The van der Waals surface area contributed by atoms with Crippen molar-refractivity contribution in [1.82, 2.24) is 15.7 Å². The summed E-state index contributed by atoms with van der Waals surface area (Å²) in [5.74, 6) is 0.979. The van der Waals surface area contributed by atoms with Gasteiger partial charge in [0.2, 0.25) is 6.41 Å². The van der Waals surface area contributed by atoms with Crippen LogP contribution in [0.5, 0.6) is 5.75 Å². The van der Waals surface area contributed by atoms with Crippen LogP contribution in [-0.2, 0) is 23.6 Å². The zero-order valence-corrected chi connectivity index (χ0v) is 25.7. The zero-order valence-electron chi connectivity index (χ0n) is 24.8. The summed E-state index contributed by atoms with van der Waals surface area (Å²) in [7, 11) is 0.559. The molecule has 1 saturated heterocycles. The van der Waals surface area contributed by atoms with Gasteiger partial charge < -0.3 is 33.9 Å². The molecule has 1 fully saturated rings. The third-order valence-corrected chi connectivity index (χ3v) is 5.85. The van der Waals surface area contributed by atoms with Gasteiger partial charge in [0.25, 0.3) is 0 Å². The fraction of sp³-hybridized carbons (Fsp3) is 0.593. The molecule has 1 aliphatic rings. The first kappa shape index (κ1) is 39.6. The molecular formula is C27H47F2N4O6P. The van der Waals surface area contributed by atoms with Gasteiger partial charge in [0.15, 0.2) is 6.23 Å². The minimum atomic E-state index is -1.64. The number of carbonyl (C=O) groups is 2. The van der Waals surface area contributed by atoms with Crippen molar-refractivity contribution in [3.05, 3.63) is 42.6 Å². The molecule has 0 aromatic heterocycles. The van der Waals surface area contributed by atoms with Crippen molar-refractivity contribution in [2.24, 2.45) is 4.99 Å². The average Bonchev–Trinajstić information content (AvgIpc) is 3.33. The van der Waals surface area contributed by atoms with E-state index in [1.807, 2.05) is 52.8 Å². The van der Waals surface area contributed by atoms with Crippen LogP contribution in [0, 0.1) is 0 Å². The molecule has 230 valence electrons. The highest BCUT2D eigenvalue weighted by molar-refractivity contribution is 7.45. The number of aliphatic imine (C=N–C) groups is 1. The first-order chi connectivity index (χ1) is 19.3. The van der Waals surface area contributed by atoms with Crippen molar-refractivity contribution in [2.45, 2.75) is 78.6 Å². The largest absolute Gasteiger partial charge is 0.436 e. The molecule has 1 aromatic rings. The fourth-order valence-electron chi connectivity index (χ4n) is 2.60. The summed E-state index contributed by atoms with van der Waals surface area (Å²) < 4.78 is 46.0. The van der Waals surface area contributed by atoms with Gasteiger partial charge in [0.05, 0.1) is 32.0 Å². The zero-order chi connectivity index (χ0) is 30.8. The molecular weight excluding hydrogens is 545 g/mol. The summed E-state index contributed by atoms with van der Waals surface area (Å²) in [5.41, 5.74) is 0. The maximum absolute atomic E-state index is 14.5. The Morgan fingerprint density at radius 3 is 2.35 bits per heavy atom. The molecule has 2 rings (SSSR count). The van der Waals surface area contributed by atoms with Gasteiger partial charge in [-0.2, -0.15) is 0 Å². The Morgan fingerprint density at radius 2 is 1.82 bits per heavy atom. The molecule has 1 amide bonds. The second-order valence-electron chi connectivity index (χ2n) is 7.85. The molecule has 1 heterocycles. The van der Waals surface area contributed by atoms with Crippen LogP contribution < -0.4 is 20.2 Å². The second-order valence-corrected chi connectivity index (χ2v) is 9.06. The molecule has 0 spiro atoms. The summed E-state index contributed by atoms with van der Waals surface area (Å²) in [6.07, 6.45) is 2.02. The predicted molar refractivity (Wildman–Crippen MR) is 157 cm³/mol. The van der Waals surface area contributed by atoms with Crippen molar-refractivity contribution in [3.8, 4) is 5.75 Å². The molecule has 0 radical (unpaired) electrons. The molecule has 0 aliphatic carbocycles. The monoisotopic (exact) mass is 592 g/mol. The number of alkyl halides is 2. The number of aldehydes is 1. The third kappa shape index (κ3) is 19.5. The fourth-order valence-corrected chi connectivity index (χ4v) is 3.79. The van der Waals surface area contributed by atoms with Crippen molar-refractivity contribution >= 4 is 27.1 Å². The number of nitrogens with one attached hydrogen (secondary N) is 3. The summed E-state index contributed by atoms with van der Waals surface area (Å²) in [5, 5.41) is 8.23. The molecule has 3 N–H and O–H groups in total. The van der Waals surface area contributed by atoms with Crippen LogP contribution in [0.3, 0.4) is 0 Å². The van der Waals surface area contributed by atoms with E-state index in [1.54, 1.807) is 26.2 Å². The lowest BCUT2D eigenvalue weighted by Gasteiger charge is -2.22. The van der Waals surface area contributed by atoms with Crippen molar-refractivity contribution in [3.63, 3.8) is 0 Å². The maximum atomic E-state index is 14.5. The molecule has 0 bridgehead atoms. The van der Waals surface area contributed by atoms with Gasteiger partial charge in [0.1, 0.15) is 24.0 Å². The number of ether oxygens (including phenoxy) is 2. The van der Waals surface area contributed by atoms with Gasteiger partial charge in [-0.05, 0) is 45.9 Å². The van der Waals surface area contributed by atoms with E-state index < -0.39 is 33.1 Å². The first-order valence-corrected chi connectivity index (χ1v) is 14.2. The number of benzene rings is 1. The Bertz CT molecular complexity index is 808. The van der Waals surface area contributed by atoms with Crippen molar-refractivity contribution in [1.29, 1.82) is 0 Å². The number of halogens is 2. The van der Waals surface area contributed by atoms with Gasteiger partial charge in [-0.25, -0.2) is 9.48 Å². The van der Waals surface area contributed by atoms with Crippen LogP contribution in [0.15, 0.2) is 47.6 Å². The highest BCUT2D eigenvalue weighted by atomic mass is 31.2. The number of amidine groups is 1. The smallest absolute Gasteiger partial charge is 0.318 e. The topological polar surface area (TPSA) is 120 Å². The maximum Gasteiger partial charge on any atom is 0.318 e. The van der Waals surface area contributed by atoms with E-state index >= 15 is 0 Å². The van der Waals surface area contributed by atoms with Gasteiger partial charge in [-0.15, -0.1) is 0 Å². The SMILES string of the molecule is CC.CCN=C(/C=C\NC=O)NC1OC(COP(NC(C)C=O)Oc2ccccc2)CC1F.CF.COC(C)C. The Hall–Kier alpha value is -2.50. The van der Waals surface area contributed by atoms with Crippen LogP contribution in [-0.4, -0.2) is 76.6 Å². The summed E-state index contributed by atoms with van der Waals surface area (Å²) in [4.78, 5) is 25.6. The van der Waals surface area contributed by atoms with Crippen LogP contribution in [0.2, 0.25) is 0 Å². The summed E-state index contributed by atoms with van der Waals surface area (Å²) in [6, 6.07) is 8.59. The summed E-state index contributed by atoms with van der Waals surface area (Å²) in [6.45, 7) is 12.1. The molecule has 0 saturated carbocycles. The van der Waals surface area contributed by atoms with E-state index in [2.05, 4.69) is 20.7 Å². The Balaban J connectivity index is 0. The normalized spacial score (nSPS) is 19.6. The molecule has 40 heavy (non-hydrogen) atoms. The molecule has 1 aliphatic heterocycles. The number of methoxy groups -OCH3 is 1. The van der Waals surface area contributed by atoms with Gasteiger partial charge in [-0.1, -0.05) is 32.0 Å². The van der Waals surface area contributed by atoms with E-state index in [4.69, 9.17) is 18.5 Å². The first-order valence-electron chi connectivity index (χ1n) is 13.1. The molecule has 13 heteroatoms. The minimum Gasteiger partial charge on any atom is -0.436 e. The van der Waals surface area contributed by atoms with E-state index in [1.165, 1.54) is 12.3 Å². The lowest BCUT2D eigenvalue weighted by molar-refractivity contribution is -0.109. The predicted octanol–water partition coefficient (Wildman–Crippen LogP) is 4.86. The number of nitrogens with zero attached hydrogens (tertiary/aromatic N) is 1. The van der Waals surface area contributed by atoms with Gasteiger partial charge in [0, 0.05) is 26.3 Å². The van der Waals surface area contributed by atoms with Crippen LogP contribution in [0.4, 0.5) is 8.78 Å². The van der Waals surface area contributed by atoms with Gasteiger partial charge in [-0.3, -0.25) is 14.2 Å². The number of hydrogen-bond acceptors (Lipinski definition) is 8. The quantitative estimate of drug-likeness (QED) is 0.121. The molecule has 5 atom stereocenters. The Kier molecular flexibility index (Phi) is 26.5. The van der Waals surface area contributed by atoms with E-state index in [9.17, 15) is 18.4 Å².